The lowest BCUT2D eigenvalue weighted by molar-refractivity contribution is -0.136. The lowest BCUT2D eigenvalue weighted by atomic mass is 10.1. The predicted octanol–water partition coefficient (Wildman–Crippen LogP) is 1.40. The van der Waals surface area contributed by atoms with Crippen LogP contribution in [0.15, 0.2) is 30.5 Å². The molecule has 0 aromatic carbocycles. The Morgan fingerprint density at radius 1 is 1.24 bits per heavy atom. The fourth-order valence-electron chi connectivity index (χ4n) is 1.95. The second-order valence-corrected chi connectivity index (χ2v) is 5.07. The lowest BCUT2D eigenvalue weighted by Gasteiger charge is -2.13. The standard InChI is InChI=1S/C15H17N3O3/c1-10(2)17-13-4-3-11(9-16-13)12(19)7-8-18-14(20)5-6-15(18)21/h3-6,9-10H,7-8H2,1-2H3,(H,16,17). The summed E-state index contributed by atoms with van der Waals surface area (Å²) < 4.78 is 0. The molecule has 0 aliphatic carbocycles. The van der Waals surface area contributed by atoms with E-state index < -0.39 is 0 Å². The summed E-state index contributed by atoms with van der Waals surface area (Å²) in [4.78, 5) is 40.0. The van der Waals surface area contributed by atoms with Crippen LogP contribution in [0.3, 0.4) is 0 Å². The van der Waals surface area contributed by atoms with Gasteiger partial charge in [0, 0.05) is 42.9 Å². The van der Waals surface area contributed by atoms with E-state index in [2.05, 4.69) is 10.3 Å². The van der Waals surface area contributed by atoms with E-state index in [1.807, 2.05) is 13.8 Å². The van der Waals surface area contributed by atoms with Gasteiger partial charge in [-0.15, -0.1) is 0 Å². The Morgan fingerprint density at radius 2 is 1.90 bits per heavy atom. The molecule has 2 heterocycles. The van der Waals surface area contributed by atoms with Crippen LogP contribution in [0, 0.1) is 0 Å². The Morgan fingerprint density at radius 3 is 2.43 bits per heavy atom. The van der Waals surface area contributed by atoms with Gasteiger partial charge in [-0.1, -0.05) is 0 Å². The predicted molar refractivity (Wildman–Crippen MR) is 77.8 cm³/mol. The SMILES string of the molecule is CC(C)Nc1ccc(C(=O)CCN2C(=O)C=CC2=O)cn1. The maximum atomic E-state index is 12.0. The summed E-state index contributed by atoms with van der Waals surface area (Å²) >= 11 is 0. The van der Waals surface area contributed by atoms with E-state index in [1.165, 1.54) is 18.3 Å². The van der Waals surface area contributed by atoms with Crippen molar-refractivity contribution in [1.29, 1.82) is 0 Å². The number of rotatable bonds is 6. The minimum atomic E-state index is -0.373. The molecule has 1 aliphatic heterocycles. The van der Waals surface area contributed by atoms with Gasteiger partial charge < -0.3 is 5.32 Å². The average Bonchev–Trinajstić information content (AvgIpc) is 2.75. The van der Waals surface area contributed by atoms with E-state index in [0.29, 0.717) is 11.4 Å². The summed E-state index contributed by atoms with van der Waals surface area (Å²) in [6, 6.07) is 3.69. The number of Topliss-reactive ketones (excluding diaryl/α,β-unsaturated/α-hetero) is 1. The molecule has 1 aromatic heterocycles. The summed E-state index contributed by atoms with van der Waals surface area (Å²) in [6.45, 7) is 4.09. The van der Waals surface area contributed by atoms with E-state index >= 15 is 0 Å². The zero-order valence-corrected chi connectivity index (χ0v) is 12.0. The number of carbonyl (C=O) groups is 3. The van der Waals surface area contributed by atoms with Crippen LogP contribution in [0.1, 0.15) is 30.6 Å². The van der Waals surface area contributed by atoms with Gasteiger partial charge in [-0.2, -0.15) is 0 Å². The molecule has 1 aliphatic rings. The molecule has 1 aromatic rings. The third-order valence-corrected chi connectivity index (χ3v) is 2.99. The molecule has 0 fully saturated rings. The van der Waals surface area contributed by atoms with Gasteiger partial charge in [-0.05, 0) is 26.0 Å². The van der Waals surface area contributed by atoms with Gasteiger partial charge >= 0.3 is 0 Å². The Labute approximate surface area is 122 Å². The molecule has 0 saturated carbocycles. The van der Waals surface area contributed by atoms with E-state index in [0.717, 1.165) is 4.90 Å². The van der Waals surface area contributed by atoms with Gasteiger partial charge in [0.05, 0.1) is 0 Å². The van der Waals surface area contributed by atoms with Gasteiger partial charge in [0.2, 0.25) is 0 Å². The van der Waals surface area contributed by atoms with Crippen LogP contribution in [-0.4, -0.2) is 40.1 Å². The molecule has 0 unspecified atom stereocenters. The summed E-state index contributed by atoms with van der Waals surface area (Å²) in [7, 11) is 0. The van der Waals surface area contributed by atoms with Crippen LogP contribution in [0.4, 0.5) is 5.82 Å². The fourth-order valence-corrected chi connectivity index (χ4v) is 1.95. The van der Waals surface area contributed by atoms with E-state index in [9.17, 15) is 14.4 Å². The normalized spacial score (nSPS) is 14.1. The molecule has 21 heavy (non-hydrogen) atoms. The third kappa shape index (κ3) is 3.75. The number of nitrogens with one attached hydrogen (secondary N) is 1. The minimum Gasteiger partial charge on any atom is -0.368 e. The number of ketones is 1. The van der Waals surface area contributed by atoms with Crippen molar-refractivity contribution >= 4 is 23.4 Å². The summed E-state index contributed by atoms with van der Waals surface area (Å²) in [6.07, 6.45) is 4.01. The molecule has 6 nitrogen and oxygen atoms in total. The number of imide groups is 1. The number of anilines is 1. The molecule has 110 valence electrons. The monoisotopic (exact) mass is 287 g/mol. The quantitative estimate of drug-likeness (QED) is 0.632. The van der Waals surface area contributed by atoms with Crippen molar-refractivity contribution in [2.45, 2.75) is 26.3 Å². The summed E-state index contributed by atoms with van der Waals surface area (Å²) in [5, 5.41) is 3.13. The maximum Gasteiger partial charge on any atom is 0.253 e. The highest BCUT2D eigenvalue weighted by Gasteiger charge is 2.23. The highest BCUT2D eigenvalue weighted by molar-refractivity contribution is 6.13. The minimum absolute atomic E-state index is 0.0928. The Balaban J connectivity index is 1.91. The third-order valence-electron chi connectivity index (χ3n) is 2.99. The van der Waals surface area contributed by atoms with Crippen molar-refractivity contribution in [2.24, 2.45) is 0 Å². The van der Waals surface area contributed by atoms with Crippen molar-refractivity contribution in [3.8, 4) is 0 Å². The van der Waals surface area contributed by atoms with Crippen LogP contribution in [0.25, 0.3) is 0 Å². The Hall–Kier alpha value is -2.50. The number of hydrogen-bond donors (Lipinski definition) is 1. The first-order valence-electron chi connectivity index (χ1n) is 6.76. The number of pyridine rings is 1. The number of aromatic nitrogens is 1. The van der Waals surface area contributed by atoms with Crippen molar-refractivity contribution < 1.29 is 14.4 Å². The molecule has 0 radical (unpaired) electrons. The number of carbonyl (C=O) groups excluding carboxylic acids is 3. The molecule has 0 bridgehead atoms. The van der Waals surface area contributed by atoms with Gasteiger partial charge in [-0.25, -0.2) is 4.98 Å². The fraction of sp³-hybridized carbons (Fsp3) is 0.333. The van der Waals surface area contributed by atoms with Crippen molar-refractivity contribution in [1.82, 2.24) is 9.88 Å². The molecule has 0 spiro atoms. The number of amides is 2. The zero-order valence-electron chi connectivity index (χ0n) is 12.0. The molecule has 1 N–H and O–H groups in total. The first kappa shape index (κ1) is 14.9. The van der Waals surface area contributed by atoms with Crippen LogP contribution in [-0.2, 0) is 9.59 Å². The smallest absolute Gasteiger partial charge is 0.253 e. The first-order chi connectivity index (χ1) is 9.97. The van der Waals surface area contributed by atoms with Crippen molar-refractivity contribution in [2.75, 3.05) is 11.9 Å². The molecular weight excluding hydrogens is 270 g/mol. The van der Waals surface area contributed by atoms with Crippen LogP contribution in [0.2, 0.25) is 0 Å². The lowest BCUT2D eigenvalue weighted by Crippen LogP contribution is -2.32. The topological polar surface area (TPSA) is 79.4 Å². The molecule has 0 atom stereocenters. The molecule has 2 rings (SSSR count). The van der Waals surface area contributed by atoms with Crippen molar-refractivity contribution in [3.63, 3.8) is 0 Å². The molecular formula is C15H17N3O3. The second kappa shape index (κ2) is 6.30. The zero-order chi connectivity index (χ0) is 15.4. The largest absolute Gasteiger partial charge is 0.368 e. The van der Waals surface area contributed by atoms with E-state index in [1.54, 1.807) is 12.1 Å². The van der Waals surface area contributed by atoms with E-state index in [4.69, 9.17) is 0 Å². The van der Waals surface area contributed by atoms with Gasteiger partial charge in [0.1, 0.15) is 5.82 Å². The molecule has 2 amide bonds. The highest BCUT2D eigenvalue weighted by Crippen LogP contribution is 2.10. The van der Waals surface area contributed by atoms with Gasteiger partial charge in [0.15, 0.2) is 5.78 Å². The first-order valence-corrected chi connectivity index (χ1v) is 6.76. The maximum absolute atomic E-state index is 12.0. The summed E-state index contributed by atoms with van der Waals surface area (Å²) in [5.41, 5.74) is 0.469. The summed E-state index contributed by atoms with van der Waals surface area (Å²) in [5.74, 6) is -0.188. The van der Waals surface area contributed by atoms with Crippen molar-refractivity contribution in [3.05, 3.63) is 36.0 Å². The molecule has 0 saturated heterocycles. The Bertz CT molecular complexity index is 573. The van der Waals surface area contributed by atoms with Crippen LogP contribution in [0.5, 0.6) is 0 Å². The number of hydrogen-bond acceptors (Lipinski definition) is 5. The molecule has 6 heteroatoms. The number of nitrogens with zero attached hydrogens (tertiary/aromatic N) is 2. The van der Waals surface area contributed by atoms with Crippen LogP contribution >= 0.6 is 0 Å². The average molecular weight is 287 g/mol. The van der Waals surface area contributed by atoms with Gasteiger partial charge in [-0.3, -0.25) is 19.3 Å². The Kier molecular flexibility index (Phi) is 4.47. The van der Waals surface area contributed by atoms with Gasteiger partial charge in [0.25, 0.3) is 11.8 Å². The second-order valence-electron chi connectivity index (χ2n) is 5.07. The van der Waals surface area contributed by atoms with E-state index in [-0.39, 0.29) is 36.6 Å². The highest BCUT2D eigenvalue weighted by atomic mass is 16.2. The van der Waals surface area contributed by atoms with Crippen LogP contribution < -0.4 is 5.32 Å².